The van der Waals surface area contributed by atoms with Gasteiger partial charge in [-0.1, -0.05) is 46.7 Å². The molecule has 0 spiro atoms. The van der Waals surface area contributed by atoms with Crippen LogP contribution in [0.5, 0.6) is 11.5 Å². The first-order valence-corrected chi connectivity index (χ1v) is 21.2. The molecule has 2 heterocycles. The van der Waals surface area contributed by atoms with Crippen molar-refractivity contribution in [1.29, 1.82) is 10.5 Å². The Balaban J connectivity index is 0.921. The maximum atomic E-state index is 10.2. The predicted octanol–water partition coefficient (Wildman–Crippen LogP) is 7.75. The highest BCUT2D eigenvalue weighted by Crippen LogP contribution is 2.41. The molecule has 6 aromatic rings. The summed E-state index contributed by atoms with van der Waals surface area (Å²) < 4.78 is 23.5. The van der Waals surface area contributed by atoms with E-state index in [2.05, 4.69) is 44.8 Å². The van der Waals surface area contributed by atoms with Gasteiger partial charge in [0.05, 0.1) is 36.0 Å². The van der Waals surface area contributed by atoms with E-state index in [1.54, 1.807) is 31.2 Å². The Kier molecular flexibility index (Phi) is 12.7. The Bertz CT molecular complexity index is 2620. The molecule has 2 aliphatic carbocycles. The van der Waals surface area contributed by atoms with Crippen molar-refractivity contribution in [1.82, 2.24) is 30.5 Å². The molecule has 3 N–H and O–H groups in total. The van der Waals surface area contributed by atoms with Gasteiger partial charge in [-0.3, -0.25) is 4.90 Å². The zero-order valence-corrected chi connectivity index (χ0v) is 35.3. The fraction of sp³-hybridized carbons (Fsp3) is 0.375. The minimum Gasteiger partial charge on any atom is -0.490 e. The number of ether oxygens (including phenoxy) is 2. The number of nitriles is 2. The third-order valence-electron chi connectivity index (χ3n) is 11.5. The Morgan fingerprint density at radius 1 is 0.774 bits per heavy atom. The highest BCUT2D eigenvalue weighted by molar-refractivity contribution is 5.68. The molecule has 4 atom stereocenters. The third-order valence-corrected chi connectivity index (χ3v) is 11.5. The van der Waals surface area contributed by atoms with Crippen LogP contribution in [-0.2, 0) is 12.8 Å². The number of fused-ring (bicyclic) bond motifs is 2. The summed E-state index contributed by atoms with van der Waals surface area (Å²) in [5.74, 6) is 2.57. The molecule has 0 saturated heterocycles. The smallest absolute Gasteiger partial charge is 0.258 e. The normalized spacial score (nSPS) is 16.5. The molecule has 0 aliphatic heterocycles. The Morgan fingerprint density at radius 3 is 1.94 bits per heavy atom. The lowest BCUT2D eigenvalue weighted by Crippen LogP contribution is -2.33. The molecule has 0 saturated carbocycles. The number of nitrogens with zero attached hydrogens (tertiary/aromatic N) is 7. The van der Waals surface area contributed by atoms with E-state index >= 15 is 0 Å². The summed E-state index contributed by atoms with van der Waals surface area (Å²) in [6, 6.07) is 27.5. The van der Waals surface area contributed by atoms with Gasteiger partial charge in [0.2, 0.25) is 11.6 Å². The number of aliphatic hydroxyl groups excluding tert-OH is 2. The molecule has 2 aliphatic rings. The van der Waals surface area contributed by atoms with Gasteiger partial charge < -0.3 is 34.0 Å². The molecule has 0 bridgehead atoms. The van der Waals surface area contributed by atoms with Gasteiger partial charge >= 0.3 is 0 Å². The maximum absolute atomic E-state index is 10.2. The zero-order valence-electron chi connectivity index (χ0n) is 35.3. The Hall–Kier alpha value is -6.42. The van der Waals surface area contributed by atoms with Crippen LogP contribution in [0.15, 0.2) is 81.8 Å². The van der Waals surface area contributed by atoms with Gasteiger partial charge in [0.1, 0.15) is 23.6 Å². The van der Waals surface area contributed by atoms with Gasteiger partial charge in [-0.2, -0.15) is 20.5 Å². The number of nitrogens with one attached hydrogen (secondary N) is 1. The van der Waals surface area contributed by atoms with E-state index in [4.69, 9.17) is 28.5 Å². The summed E-state index contributed by atoms with van der Waals surface area (Å²) in [5, 5.41) is 51.9. The summed E-state index contributed by atoms with van der Waals surface area (Å²) in [7, 11) is 0. The molecular weight excluding hydrogens is 785 g/mol. The summed E-state index contributed by atoms with van der Waals surface area (Å²) in [4.78, 5) is 11.7. The van der Waals surface area contributed by atoms with Crippen molar-refractivity contribution in [3.63, 3.8) is 0 Å². The number of aliphatic hydroxyl groups is 2. The molecule has 2 aromatic heterocycles. The molecule has 8 rings (SSSR count). The predicted molar refractivity (Wildman–Crippen MR) is 231 cm³/mol. The number of aromatic nitrogens is 4. The van der Waals surface area contributed by atoms with Gasteiger partial charge in [0.15, 0.2) is 0 Å². The number of rotatable bonds is 17. The van der Waals surface area contributed by atoms with Crippen LogP contribution in [0.4, 0.5) is 0 Å². The second-order valence-corrected chi connectivity index (χ2v) is 16.3. The molecule has 4 aromatic carbocycles. The van der Waals surface area contributed by atoms with Crippen molar-refractivity contribution >= 4 is 0 Å². The van der Waals surface area contributed by atoms with Crippen LogP contribution in [0.2, 0.25) is 0 Å². The highest BCUT2D eigenvalue weighted by atomic mass is 16.5. The van der Waals surface area contributed by atoms with Crippen molar-refractivity contribution in [2.75, 3.05) is 26.2 Å². The molecule has 0 amide bonds. The first-order valence-electron chi connectivity index (χ1n) is 21.2. The molecule has 0 radical (unpaired) electrons. The molecule has 62 heavy (non-hydrogen) atoms. The van der Waals surface area contributed by atoms with Gasteiger partial charge in [-0.15, -0.1) is 0 Å². The van der Waals surface area contributed by atoms with Gasteiger partial charge in [0.25, 0.3) is 11.8 Å². The van der Waals surface area contributed by atoms with E-state index in [1.807, 2.05) is 57.2 Å². The molecule has 14 heteroatoms. The van der Waals surface area contributed by atoms with E-state index in [9.17, 15) is 20.7 Å². The van der Waals surface area contributed by atoms with E-state index < -0.39 is 6.10 Å². The molecule has 0 fully saturated rings. The topological polar surface area (TPSA) is 200 Å². The minimum atomic E-state index is -0.427. The summed E-state index contributed by atoms with van der Waals surface area (Å²) in [6.45, 7) is 9.25. The SMILES string of the molecule is CC(C)Oc1ccc(-c2nc(-c3cccc4c3CC[C@@H]4N(CCO)CCC(C)Oc3ccc(-c4nc(-c5cccc6c5CCC6NC[C@@H](C)O)no4)cc3C#N)no2)cc1C#N. The van der Waals surface area contributed by atoms with E-state index in [-0.39, 0.29) is 30.9 Å². The van der Waals surface area contributed by atoms with Gasteiger partial charge in [-0.05, 0) is 118 Å². The van der Waals surface area contributed by atoms with Crippen molar-refractivity contribution in [2.45, 2.75) is 90.2 Å². The van der Waals surface area contributed by atoms with Gasteiger partial charge in [0, 0.05) is 54.0 Å². The minimum absolute atomic E-state index is 0.00647. The summed E-state index contributed by atoms with van der Waals surface area (Å²) in [5.41, 5.74) is 8.47. The Morgan fingerprint density at radius 2 is 1.35 bits per heavy atom. The lowest BCUT2D eigenvalue weighted by atomic mass is 10.0. The quantitative estimate of drug-likeness (QED) is 0.0806. The van der Waals surface area contributed by atoms with Crippen LogP contribution < -0.4 is 14.8 Å². The standard InChI is InChI=1S/C48H50N8O6/c1-28(2)59-43-17-11-31(23-33(43)25-49)47-53-46(55-62-47)40-10-6-8-38-36(40)14-16-42(38)56(21-22-57)20-19-30(4)60-44-18-12-32(24-34(44)26-50)48-52-45(54-61-48)39-9-5-7-37-35(39)13-15-41(37)51-27-29(3)58/h5-12,17-18,23-24,28-30,41-42,51,57-58H,13-16,19-22,27H2,1-4H3/t29-,30?,41?,42+/m1/s1. The van der Waals surface area contributed by atoms with E-state index in [0.29, 0.717) is 83.2 Å². The average molecular weight is 835 g/mol. The van der Waals surface area contributed by atoms with Crippen molar-refractivity contribution in [2.24, 2.45) is 0 Å². The maximum Gasteiger partial charge on any atom is 0.258 e. The highest BCUT2D eigenvalue weighted by Gasteiger charge is 2.31. The summed E-state index contributed by atoms with van der Waals surface area (Å²) >= 11 is 0. The largest absolute Gasteiger partial charge is 0.490 e. The van der Waals surface area contributed by atoms with Crippen LogP contribution in [0.25, 0.3) is 45.7 Å². The number of hydrogen-bond acceptors (Lipinski definition) is 14. The molecule has 14 nitrogen and oxygen atoms in total. The lowest BCUT2D eigenvalue weighted by molar-refractivity contribution is 0.122. The average Bonchev–Trinajstić information content (AvgIpc) is 4.11. The van der Waals surface area contributed by atoms with E-state index in [1.165, 1.54) is 11.1 Å². The van der Waals surface area contributed by atoms with Crippen LogP contribution in [0.1, 0.15) is 92.4 Å². The Labute approximate surface area is 360 Å². The fourth-order valence-corrected chi connectivity index (χ4v) is 8.65. The zero-order chi connectivity index (χ0) is 43.3. The molecule has 318 valence electrons. The van der Waals surface area contributed by atoms with Crippen LogP contribution >= 0.6 is 0 Å². The third kappa shape index (κ3) is 8.96. The van der Waals surface area contributed by atoms with Crippen LogP contribution in [0, 0.1) is 22.7 Å². The van der Waals surface area contributed by atoms with Crippen LogP contribution in [-0.4, -0.2) is 79.9 Å². The number of benzene rings is 4. The number of hydrogen-bond donors (Lipinski definition) is 3. The van der Waals surface area contributed by atoms with Crippen LogP contribution in [0.3, 0.4) is 0 Å². The van der Waals surface area contributed by atoms with Crippen molar-refractivity contribution in [3.8, 4) is 69.3 Å². The van der Waals surface area contributed by atoms with Gasteiger partial charge in [-0.25, -0.2) is 0 Å². The monoisotopic (exact) mass is 834 g/mol. The fourth-order valence-electron chi connectivity index (χ4n) is 8.65. The first kappa shape index (κ1) is 42.3. The van der Waals surface area contributed by atoms with Crippen molar-refractivity contribution in [3.05, 3.63) is 106 Å². The molecular formula is C48H50N8O6. The van der Waals surface area contributed by atoms with E-state index in [0.717, 1.165) is 47.9 Å². The summed E-state index contributed by atoms with van der Waals surface area (Å²) in [6.07, 6.45) is 3.38. The second-order valence-electron chi connectivity index (χ2n) is 16.3. The first-order chi connectivity index (χ1) is 30.1. The lowest BCUT2D eigenvalue weighted by Gasteiger charge is -2.30. The molecule has 2 unspecified atom stereocenters. The second kappa shape index (κ2) is 18.7. The van der Waals surface area contributed by atoms with Crippen molar-refractivity contribution < 1.29 is 28.7 Å².